The van der Waals surface area contributed by atoms with Gasteiger partial charge in [-0.05, 0) is 24.6 Å². The molecule has 1 aliphatic rings. The van der Waals surface area contributed by atoms with Gasteiger partial charge in [0.25, 0.3) is 0 Å². The lowest BCUT2D eigenvalue weighted by Gasteiger charge is -2.07. The Balaban J connectivity index is 2.30. The third-order valence-corrected chi connectivity index (χ3v) is 3.90. The summed E-state index contributed by atoms with van der Waals surface area (Å²) in [4.78, 5) is 14.3. The zero-order valence-electron chi connectivity index (χ0n) is 9.42. The van der Waals surface area contributed by atoms with Crippen LogP contribution in [0.1, 0.15) is 11.1 Å². The van der Waals surface area contributed by atoms with Crippen molar-refractivity contribution < 1.29 is 4.74 Å². The van der Waals surface area contributed by atoms with Crippen molar-refractivity contribution in [2.24, 2.45) is 0 Å². The van der Waals surface area contributed by atoms with Crippen LogP contribution in [0.4, 0.5) is 0 Å². The van der Waals surface area contributed by atoms with Crippen LogP contribution in [-0.2, 0) is 6.42 Å². The van der Waals surface area contributed by atoms with Gasteiger partial charge >= 0.3 is 0 Å². The van der Waals surface area contributed by atoms with Crippen LogP contribution >= 0.6 is 15.9 Å². The fourth-order valence-electron chi connectivity index (χ4n) is 2.38. The lowest BCUT2D eigenvalue weighted by molar-refractivity contribution is 0.260. The highest BCUT2D eigenvalue weighted by Gasteiger charge is 2.24. The van der Waals surface area contributed by atoms with E-state index >= 15 is 0 Å². The fourth-order valence-corrected chi connectivity index (χ4v) is 2.74. The van der Waals surface area contributed by atoms with Crippen LogP contribution in [0.15, 0.2) is 23.0 Å². The molecule has 1 aromatic carbocycles. The average Bonchev–Trinajstić information content (AvgIpc) is 2.72. The van der Waals surface area contributed by atoms with E-state index in [4.69, 9.17) is 4.74 Å². The monoisotopic (exact) mass is 293 g/mol. The third kappa shape index (κ3) is 1.67. The van der Waals surface area contributed by atoms with Gasteiger partial charge in [-0.25, -0.2) is 0 Å². The van der Waals surface area contributed by atoms with Crippen LogP contribution in [-0.4, -0.2) is 16.4 Å². The predicted molar refractivity (Wildman–Crippen MR) is 71.2 cm³/mol. The zero-order valence-corrected chi connectivity index (χ0v) is 11.0. The number of pyridine rings is 1. The molecule has 0 spiro atoms. The molecule has 0 radical (unpaired) electrons. The molecule has 0 saturated heterocycles. The minimum Gasteiger partial charge on any atom is -0.489 e. The number of ether oxygens (including phenoxy) is 1. The minimum absolute atomic E-state index is 0.0588. The van der Waals surface area contributed by atoms with Crippen molar-refractivity contribution in [3.05, 3.63) is 39.7 Å². The molecule has 0 amide bonds. The third-order valence-electron chi connectivity index (χ3n) is 3.18. The molecule has 4 heteroatoms. The summed E-state index contributed by atoms with van der Waals surface area (Å²) < 4.78 is 5.84. The second-order valence-electron chi connectivity index (χ2n) is 4.38. The summed E-state index contributed by atoms with van der Waals surface area (Å²) in [5.41, 5.74) is 3.12. The molecule has 0 bridgehead atoms. The Hall–Kier alpha value is -1.29. The van der Waals surface area contributed by atoms with Crippen molar-refractivity contribution in [2.75, 3.05) is 5.33 Å². The van der Waals surface area contributed by atoms with Gasteiger partial charge in [0.1, 0.15) is 11.9 Å². The van der Waals surface area contributed by atoms with Crippen molar-refractivity contribution in [1.29, 1.82) is 0 Å². The Morgan fingerprint density at radius 1 is 1.53 bits per heavy atom. The molecular weight excluding hydrogens is 282 g/mol. The van der Waals surface area contributed by atoms with E-state index in [1.54, 1.807) is 6.07 Å². The number of H-pyrrole nitrogens is 1. The Kier molecular flexibility index (Phi) is 2.47. The molecule has 17 heavy (non-hydrogen) atoms. The van der Waals surface area contributed by atoms with E-state index in [0.29, 0.717) is 0 Å². The number of aromatic amines is 1. The first-order valence-electron chi connectivity index (χ1n) is 5.57. The lowest BCUT2D eigenvalue weighted by Crippen LogP contribution is -2.13. The number of nitrogens with one attached hydrogen (secondary N) is 1. The van der Waals surface area contributed by atoms with E-state index < -0.39 is 0 Å². The standard InChI is InChI=1S/C13H12BrNO2/c1-7-4-11-10(5-8(6-14)17-11)9-2-3-12(16)15-13(7)9/h2-4,8H,5-6H2,1H3,(H,15,16). The number of hydrogen-bond donors (Lipinski definition) is 1. The van der Waals surface area contributed by atoms with Gasteiger partial charge in [-0.2, -0.15) is 0 Å². The molecule has 2 aromatic rings. The van der Waals surface area contributed by atoms with Gasteiger partial charge < -0.3 is 9.72 Å². The van der Waals surface area contributed by atoms with Gasteiger partial charge in [-0.1, -0.05) is 15.9 Å². The van der Waals surface area contributed by atoms with Gasteiger partial charge in [0.2, 0.25) is 5.56 Å². The number of aryl methyl sites for hydroxylation is 1. The molecular formula is C13H12BrNO2. The molecule has 1 aliphatic heterocycles. The molecule has 0 saturated carbocycles. The second kappa shape index (κ2) is 3.88. The van der Waals surface area contributed by atoms with Crippen LogP contribution in [0.3, 0.4) is 0 Å². The molecule has 3 rings (SSSR count). The summed E-state index contributed by atoms with van der Waals surface area (Å²) in [7, 11) is 0. The fraction of sp³-hybridized carbons (Fsp3) is 0.308. The highest BCUT2D eigenvalue weighted by atomic mass is 79.9. The molecule has 1 unspecified atom stereocenters. The highest BCUT2D eigenvalue weighted by molar-refractivity contribution is 9.09. The zero-order chi connectivity index (χ0) is 12.0. The topological polar surface area (TPSA) is 42.1 Å². The Labute approximate surface area is 107 Å². The first-order valence-corrected chi connectivity index (χ1v) is 6.69. The maximum absolute atomic E-state index is 11.4. The summed E-state index contributed by atoms with van der Waals surface area (Å²) in [6.07, 6.45) is 1.09. The summed E-state index contributed by atoms with van der Waals surface area (Å²) >= 11 is 3.45. The van der Waals surface area contributed by atoms with E-state index in [9.17, 15) is 4.79 Å². The van der Waals surface area contributed by atoms with Crippen molar-refractivity contribution >= 4 is 26.8 Å². The maximum Gasteiger partial charge on any atom is 0.248 e. The van der Waals surface area contributed by atoms with Crippen LogP contribution in [0.5, 0.6) is 5.75 Å². The first kappa shape index (κ1) is 10.8. The van der Waals surface area contributed by atoms with Gasteiger partial charge in [-0.15, -0.1) is 0 Å². The molecule has 1 aromatic heterocycles. The van der Waals surface area contributed by atoms with Gasteiger partial charge in [0.15, 0.2) is 0 Å². The molecule has 1 N–H and O–H groups in total. The van der Waals surface area contributed by atoms with Crippen LogP contribution in [0, 0.1) is 6.92 Å². The van der Waals surface area contributed by atoms with Crippen LogP contribution in [0.25, 0.3) is 10.9 Å². The van der Waals surface area contributed by atoms with E-state index in [0.717, 1.165) is 34.0 Å². The largest absolute Gasteiger partial charge is 0.489 e. The summed E-state index contributed by atoms with van der Waals surface area (Å²) in [6.45, 7) is 1.99. The number of halogens is 1. The summed E-state index contributed by atoms with van der Waals surface area (Å²) in [5, 5.41) is 1.93. The van der Waals surface area contributed by atoms with E-state index in [1.807, 2.05) is 19.1 Å². The molecule has 88 valence electrons. The number of benzene rings is 1. The van der Waals surface area contributed by atoms with E-state index in [-0.39, 0.29) is 11.7 Å². The number of alkyl halides is 1. The molecule has 1 atom stereocenters. The SMILES string of the molecule is Cc1cc2c(c3ccc(=O)[nH]c13)CC(CBr)O2. The molecule has 3 nitrogen and oxygen atoms in total. The molecule has 0 aliphatic carbocycles. The predicted octanol–water partition coefficient (Wildman–Crippen LogP) is 2.53. The van der Waals surface area contributed by atoms with Crippen molar-refractivity contribution in [2.45, 2.75) is 19.4 Å². The number of fused-ring (bicyclic) bond motifs is 3. The number of aromatic nitrogens is 1. The maximum atomic E-state index is 11.4. The summed E-state index contributed by atoms with van der Waals surface area (Å²) in [5.74, 6) is 0.950. The smallest absolute Gasteiger partial charge is 0.248 e. The normalized spacial score (nSPS) is 18.1. The van der Waals surface area contributed by atoms with Crippen molar-refractivity contribution in [3.63, 3.8) is 0 Å². The van der Waals surface area contributed by atoms with E-state index in [1.165, 1.54) is 5.56 Å². The first-order chi connectivity index (χ1) is 8.19. The van der Waals surface area contributed by atoms with Crippen LogP contribution < -0.4 is 10.3 Å². The number of hydrogen-bond acceptors (Lipinski definition) is 2. The minimum atomic E-state index is -0.0588. The Morgan fingerprint density at radius 2 is 2.35 bits per heavy atom. The molecule has 2 heterocycles. The highest BCUT2D eigenvalue weighted by Crippen LogP contribution is 2.36. The van der Waals surface area contributed by atoms with E-state index in [2.05, 4.69) is 20.9 Å². The number of rotatable bonds is 1. The Bertz CT molecular complexity index is 648. The molecule has 0 fully saturated rings. The Morgan fingerprint density at radius 3 is 3.12 bits per heavy atom. The summed E-state index contributed by atoms with van der Waals surface area (Å²) in [6, 6.07) is 5.47. The van der Waals surface area contributed by atoms with Gasteiger partial charge in [0.05, 0.1) is 5.52 Å². The van der Waals surface area contributed by atoms with Crippen LogP contribution in [0.2, 0.25) is 0 Å². The second-order valence-corrected chi connectivity index (χ2v) is 5.03. The quantitative estimate of drug-likeness (QED) is 0.821. The van der Waals surface area contributed by atoms with Gasteiger partial charge in [0, 0.05) is 28.8 Å². The average molecular weight is 294 g/mol. The van der Waals surface area contributed by atoms with Crippen molar-refractivity contribution in [3.8, 4) is 5.75 Å². The van der Waals surface area contributed by atoms with Gasteiger partial charge in [-0.3, -0.25) is 4.79 Å². The lowest BCUT2D eigenvalue weighted by atomic mass is 10.0. The van der Waals surface area contributed by atoms with Crippen molar-refractivity contribution in [1.82, 2.24) is 4.98 Å².